The second-order valence-electron chi connectivity index (χ2n) is 7.67. The van der Waals surface area contributed by atoms with Crippen molar-refractivity contribution >= 4 is 16.9 Å². The SMILES string of the molecule is CC[C@H]1O[C@@H](n2cnc3c(OCCc4ccc([N+](=O)[O-])cc4)nc(C)nc32)C[C@H]1C. The zero-order valence-corrected chi connectivity index (χ0v) is 17.3. The molecule has 0 saturated carbocycles. The summed E-state index contributed by atoms with van der Waals surface area (Å²) in [6.07, 6.45) is 4.41. The smallest absolute Gasteiger partial charge is 0.269 e. The molecule has 0 N–H and O–H groups in total. The van der Waals surface area contributed by atoms with Crippen LogP contribution in [0, 0.1) is 23.0 Å². The minimum atomic E-state index is -0.408. The molecule has 1 aliphatic heterocycles. The summed E-state index contributed by atoms with van der Waals surface area (Å²) in [5, 5.41) is 10.8. The number of nitro benzene ring substituents is 1. The lowest BCUT2D eigenvalue weighted by atomic mass is 10.0. The molecule has 3 aromatic rings. The Labute approximate surface area is 174 Å². The fraction of sp³-hybridized carbons (Fsp3) is 0.476. The Morgan fingerprint density at radius 2 is 2.07 bits per heavy atom. The van der Waals surface area contributed by atoms with Crippen LogP contribution in [-0.2, 0) is 11.2 Å². The third-order valence-corrected chi connectivity index (χ3v) is 5.53. The number of ether oxygens (including phenoxy) is 2. The summed E-state index contributed by atoms with van der Waals surface area (Å²) in [5.74, 6) is 1.53. The van der Waals surface area contributed by atoms with Gasteiger partial charge in [0.25, 0.3) is 5.69 Å². The predicted octanol–water partition coefficient (Wildman–Crippen LogP) is 4.00. The summed E-state index contributed by atoms with van der Waals surface area (Å²) in [4.78, 5) is 23.8. The van der Waals surface area contributed by atoms with E-state index in [1.165, 1.54) is 12.1 Å². The maximum Gasteiger partial charge on any atom is 0.269 e. The van der Waals surface area contributed by atoms with E-state index < -0.39 is 4.92 Å². The second kappa shape index (κ2) is 8.35. The van der Waals surface area contributed by atoms with E-state index in [9.17, 15) is 10.1 Å². The molecule has 2 aromatic heterocycles. The van der Waals surface area contributed by atoms with Gasteiger partial charge in [-0.1, -0.05) is 26.0 Å². The van der Waals surface area contributed by atoms with Gasteiger partial charge in [-0.3, -0.25) is 14.7 Å². The highest BCUT2D eigenvalue weighted by Crippen LogP contribution is 2.36. The Kier molecular flexibility index (Phi) is 5.63. The summed E-state index contributed by atoms with van der Waals surface area (Å²) in [6.45, 7) is 6.55. The van der Waals surface area contributed by atoms with Gasteiger partial charge in [0.2, 0.25) is 5.88 Å². The van der Waals surface area contributed by atoms with Gasteiger partial charge in [-0.25, -0.2) is 9.97 Å². The minimum absolute atomic E-state index is 0.0760. The normalized spacial score (nSPS) is 21.2. The van der Waals surface area contributed by atoms with Gasteiger partial charge in [-0.2, -0.15) is 4.98 Å². The zero-order valence-electron chi connectivity index (χ0n) is 17.3. The Morgan fingerprint density at radius 1 is 1.30 bits per heavy atom. The van der Waals surface area contributed by atoms with Crippen molar-refractivity contribution in [2.24, 2.45) is 5.92 Å². The van der Waals surface area contributed by atoms with Crippen molar-refractivity contribution < 1.29 is 14.4 Å². The van der Waals surface area contributed by atoms with Crippen LogP contribution in [0.5, 0.6) is 5.88 Å². The number of rotatable bonds is 7. The molecule has 1 fully saturated rings. The van der Waals surface area contributed by atoms with Crippen molar-refractivity contribution in [1.29, 1.82) is 0 Å². The molecule has 4 rings (SSSR count). The molecule has 158 valence electrons. The van der Waals surface area contributed by atoms with Gasteiger partial charge in [-0.05, 0) is 31.2 Å². The van der Waals surface area contributed by atoms with Crippen LogP contribution < -0.4 is 4.74 Å². The van der Waals surface area contributed by atoms with Gasteiger partial charge in [0.15, 0.2) is 11.2 Å². The Balaban J connectivity index is 1.49. The Bertz CT molecular complexity index is 1050. The van der Waals surface area contributed by atoms with E-state index in [0.29, 0.717) is 41.8 Å². The van der Waals surface area contributed by atoms with Crippen LogP contribution in [0.4, 0.5) is 5.69 Å². The molecule has 3 atom stereocenters. The number of nitrogens with zero attached hydrogens (tertiary/aromatic N) is 5. The number of non-ortho nitro benzene ring substituents is 1. The van der Waals surface area contributed by atoms with Gasteiger partial charge >= 0.3 is 0 Å². The number of benzene rings is 1. The fourth-order valence-corrected chi connectivity index (χ4v) is 3.89. The van der Waals surface area contributed by atoms with Crippen molar-refractivity contribution in [3.63, 3.8) is 0 Å². The molecule has 0 bridgehead atoms. The fourth-order valence-electron chi connectivity index (χ4n) is 3.89. The van der Waals surface area contributed by atoms with Crippen LogP contribution in [0.1, 0.15) is 44.3 Å². The van der Waals surface area contributed by atoms with Crippen LogP contribution in [0.2, 0.25) is 0 Å². The number of nitro groups is 1. The van der Waals surface area contributed by atoms with Gasteiger partial charge in [-0.15, -0.1) is 0 Å². The summed E-state index contributed by atoms with van der Waals surface area (Å²) in [6, 6.07) is 6.46. The van der Waals surface area contributed by atoms with E-state index >= 15 is 0 Å². The molecular formula is C21H25N5O4. The molecule has 9 nitrogen and oxygen atoms in total. The predicted molar refractivity (Wildman–Crippen MR) is 110 cm³/mol. The molecule has 1 aromatic carbocycles. The minimum Gasteiger partial charge on any atom is -0.476 e. The average Bonchev–Trinajstić information content (AvgIpc) is 3.31. The highest BCUT2D eigenvalue weighted by Gasteiger charge is 2.33. The molecule has 30 heavy (non-hydrogen) atoms. The quantitative estimate of drug-likeness (QED) is 0.427. The second-order valence-corrected chi connectivity index (χ2v) is 7.67. The molecule has 1 aliphatic rings. The number of hydrogen-bond acceptors (Lipinski definition) is 7. The van der Waals surface area contributed by atoms with Crippen molar-refractivity contribution in [1.82, 2.24) is 19.5 Å². The van der Waals surface area contributed by atoms with E-state index in [1.807, 2.05) is 11.5 Å². The first-order valence-electron chi connectivity index (χ1n) is 10.2. The van der Waals surface area contributed by atoms with Gasteiger partial charge in [0.05, 0.1) is 24.0 Å². The number of aromatic nitrogens is 4. The molecule has 0 amide bonds. The van der Waals surface area contributed by atoms with E-state index in [4.69, 9.17) is 9.47 Å². The van der Waals surface area contributed by atoms with E-state index in [1.54, 1.807) is 18.5 Å². The standard InChI is InChI=1S/C21H25N5O4/c1-4-17-13(2)11-18(30-17)25-12-22-19-20(25)23-14(3)24-21(19)29-10-9-15-5-7-16(8-6-15)26(27)28/h5-8,12-13,17-18H,4,9-11H2,1-3H3/t13-,17-,18-/m1/s1. The lowest BCUT2D eigenvalue weighted by molar-refractivity contribution is -0.384. The summed E-state index contributed by atoms with van der Waals surface area (Å²) < 4.78 is 14.1. The summed E-state index contributed by atoms with van der Waals surface area (Å²) in [7, 11) is 0. The third-order valence-electron chi connectivity index (χ3n) is 5.53. The Morgan fingerprint density at radius 3 is 2.73 bits per heavy atom. The number of imidazole rings is 1. The average molecular weight is 411 g/mol. The van der Waals surface area contributed by atoms with Crippen molar-refractivity contribution in [3.8, 4) is 5.88 Å². The van der Waals surface area contributed by atoms with Gasteiger partial charge in [0.1, 0.15) is 12.1 Å². The van der Waals surface area contributed by atoms with Crippen LogP contribution in [0.25, 0.3) is 11.2 Å². The van der Waals surface area contributed by atoms with E-state index in [2.05, 4.69) is 28.8 Å². The van der Waals surface area contributed by atoms with Crippen LogP contribution in [-0.4, -0.2) is 37.2 Å². The van der Waals surface area contributed by atoms with Crippen molar-refractivity contribution in [2.45, 2.75) is 52.4 Å². The maximum absolute atomic E-state index is 10.8. The van der Waals surface area contributed by atoms with E-state index in [0.717, 1.165) is 18.4 Å². The van der Waals surface area contributed by atoms with E-state index in [-0.39, 0.29) is 18.0 Å². The number of aryl methyl sites for hydroxylation is 1. The first-order valence-corrected chi connectivity index (χ1v) is 10.2. The highest BCUT2D eigenvalue weighted by atomic mass is 16.6. The van der Waals surface area contributed by atoms with Crippen LogP contribution in [0.15, 0.2) is 30.6 Å². The van der Waals surface area contributed by atoms with Crippen molar-refractivity contribution in [3.05, 3.63) is 52.1 Å². The summed E-state index contributed by atoms with van der Waals surface area (Å²) >= 11 is 0. The molecule has 0 radical (unpaired) electrons. The van der Waals surface area contributed by atoms with Gasteiger partial charge < -0.3 is 9.47 Å². The topological polar surface area (TPSA) is 105 Å². The largest absolute Gasteiger partial charge is 0.476 e. The Hall–Kier alpha value is -3.07. The zero-order chi connectivity index (χ0) is 21.3. The van der Waals surface area contributed by atoms with Crippen molar-refractivity contribution in [2.75, 3.05) is 6.61 Å². The first-order chi connectivity index (χ1) is 14.5. The molecule has 0 spiro atoms. The van der Waals surface area contributed by atoms with Crippen LogP contribution in [0.3, 0.4) is 0 Å². The monoisotopic (exact) mass is 411 g/mol. The third kappa shape index (κ3) is 3.97. The first kappa shape index (κ1) is 20.2. The van der Waals surface area contributed by atoms with Crippen LogP contribution >= 0.6 is 0 Å². The molecule has 9 heteroatoms. The molecule has 0 aliphatic carbocycles. The maximum atomic E-state index is 10.8. The molecule has 1 saturated heterocycles. The molecular weight excluding hydrogens is 386 g/mol. The number of fused-ring (bicyclic) bond motifs is 1. The lowest BCUT2D eigenvalue weighted by Crippen LogP contribution is -2.12. The lowest BCUT2D eigenvalue weighted by Gasteiger charge is -2.15. The highest BCUT2D eigenvalue weighted by molar-refractivity contribution is 5.76. The number of hydrogen-bond donors (Lipinski definition) is 0. The molecule has 3 heterocycles. The molecule has 0 unspecified atom stereocenters. The van der Waals surface area contributed by atoms with Gasteiger partial charge in [0, 0.05) is 18.6 Å². The summed E-state index contributed by atoms with van der Waals surface area (Å²) in [5.41, 5.74) is 2.35.